The molecule has 1 amide bonds. The molecule has 0 fully saturated rings. The van der Waals surface area contributed by atoms with Crippen LogP contribution in [0.2, 0.25) is 0 Å². The molecule has 1 aromatic carbocycles. The number of thiophene rings is 1. The molecule has 0 aliphatic heterocycles. The van der Waals surface area contributed by atoms with Gasteiger partial charge in [-0.05, 0) is 35.7 Å². The quantitative estimate of drug-likeness (QED) is 0.469. The second kappa shape index (κ2) is 8.21. The van der Waals surface area contributed by atoms with Crippen molar-refractivity contribution in [3.05, 3.63) is 81.2 Å². The zero-order valence-corrected chi connectivity index (χ0v) is 14.5. The number of pyridine rings is 1. The normalized spacial score (nSPS) is 10.3. The number of carbonyl (C=O) groups is 1. The van der Waals surface area contributed by atoms with Gasteiger partial charge in [-0.15, -0.1) is 11.3 Å². The van der Waals surface area contributed by atoms with Gasteiger partial charge in [0.1, 0.15) is 11.6 Å². The first-order chi connectivity index (χ1) is 12.6. The van der Waals surface area contributed by atoms with Gasteiger partial charge in [0.2, 0.25) is 0 Å². The van der Waals surface area contributed by atoms with Crippen molar-refractivity contribution in [2.24, 2.45) is 0 Å². The minimum absolute atomic E-state index is 0.0310. The van der Waals surface area contributed by atoms with Crippen LogP contribution in [0.15, 0.2) is 66.2 Å². The van der Waals surface area contributed by atoms with Crippen LogP contribution in [0.1, 0.15) is 4.88 Å². The third kappa shape index (κ3) is 4.42. The van der Waals surface area contributed by atoms with Gasteiger partial charge >= 0.3 is 0 Å². The number of nitrogens with zero attached hydrogens (tertiary/aromatic N) is 3. The molecule has 0 saturated carbocycles. The highest BCUT2D eigenvalue weighted by Crippen LogP contribution is 2.20. The molecular weight excluding hydrogens is 354 g/mol. The first-order valence-electron chi connectivity index (χ1n) is 7.74. The number of aromatic nitrogens is 1. The van der Waals surface area contributed by atoms with Gasteiger partial charge in [0.15, 0.2) is 6.61 Å². The Balaban J connectivity index is 1.70. The summed E-state index contributed by atoms with van der Waals surface area (Å²) in [6.45, 7) is 0.205. The van der Waals surface area contributed by atoms with Crippen LogP contribution in [0, 0.1) is 10.1 Å². The van der Waals surface area contributed by atoms with E-state index in [-0.39, 0.29) is 18.2 Å². The zero-order valence-electron chi connectivity index (χ0n) is 13.6. The van der Waals surface area contributed by atoms with Crippen molar-refractivity contribution in [2.75, 3.05) is 11.5 Å². The lowest BCUT2D eigenvalue weighted by Gasteiger charge is -2.21. The molecule has 0 aliphatic rings. The van der Waals surface area contributed by atoms with Crippen molar-refractivity contribution in [3.8, 4) is 5.75 Å². The van der Waals surface area contributed by atoms with Crippen LogP contribution in [0.25, 0.3) is 0 Å². The lowest BCUT2D eigenvalue weighted by Crippen LogP contribution is -2.34. The molecule has 8 heteroatoms. The Hall–Kier alpha value is -3.26. The summed E-state index contributed by atoms with van der Waals surface area (Å²) in [5, 5.41) is 12.6. The van der Waals surface area contributed by atoms with Crippen LogP contribution in [0.3, 0.4) is 0 Å². The molecule has 26 heavy (non-hydrogen) atoms. The Morgan fingerprint density at radius 3 is 2.58 bits per heavy atom. The van der Waals surface area contributed by atoms with Gasteiger partial charge in [-0.2, -0.15) is 0 Å². The number of hydrogen-bond acceptors (Lipinski definition) is 6. The number of anilines is 1. The van der Waals surface area contributed by atoms with E-state index in [1.807, 2.05) is 23.6 Å². The maximum Gasteiger partial charge on any atom is 0.269 e. The van der Waals surface area contributed by atoms with E-state index in [0.29, 0.717) is 18.1 Å². The van der Waals surface area contributed by atoms with Crippen molar-refractivity contribution >= 4 is 28.7 Å². The Labute approximate surface area is 153 Å². The molecule has 0 atom stereocenters. The average molecular weight is 369 g/mol. The first kappa shape index (κ1) is 17.6. The highest BCUT2D eigenvalue weighted by Gasteiger charge is 2.18. The number of carbonyl (C=O) groups excluding carboxylic acids is 1. The largest absolute Gasteiger partial charge is 0.484 e. The maximum atomic E-state index is 12.7. The van der Waals surface area contributed by atoms with Gasteiger partial charge in [-0.3, -0.25) is 19.8 Å². The highest BCUT2D eigenvalue weighted by atomic mass is 32.1. The molecule has 0 aliphatic carbocycles. The first-order valence-corrected chi connectivity index (χ1v) is 8.62. The predicted octanol–water partition coefficient (Wildman–Crippen LogP) is 3.66. The molecular formula is C18H15N3O4S. The summed E-state index contributed by atoms with van der Waals surface area (Å²) in [5.41, 5.74) is -0.0310. The molecule has 0 spiro atoms. The Kier molecular flexibility index (Phi) is 5.55. The monoisotopic (exact) mass is 369 g/mol. The van der Waals surface area contributed by atoms with E-state index in [4.69, 9.17) is 4.74 Å². The fraction of sp³-hybridized carbons (Fsp3) is 0.111. The van der Waals surface area contributed by atoms with E-state index in [9.17, 15) is 14.9 Å². The minimum Gasteiger partial charge on any atom is -0.484 e. The highest BCUT2D eigenvalue weighted by molar-refractivity contribution is 7.09. The third-order valence-corrected chi connectivity index (χ3v) is 4.39. The van der Waals surface area contributed by atoms with Crippen LogP contribution >= 0.6 is 11.3 Å². The van der Waals surface area contributed by atoms with Crippen LogP contribution in [0.5, 0.6) is 5.75 Å². The Bertz CT molecular complexity index is 867. The van der Waals surface area contributed by atoms with Gasteiger partial charge in [0.05, 0.1) is 11.5 Å². The van der Waals surface area contributed by atoms with Crippen molar-refractivity contribution in [1.29, 1.82) is 0 Å². The summed E-state index contributed by atoms with van der Waals surface area (Å²) >= 11 is 1.56. The molecule has 0 saturated heterocycles. The van der Waals surface area contributed by atoms with Crippen molar-refractivity contribution < 1.29 is 14.5 Å². The third-order valence-electron chi connectivity index (χ3n) is 3.53. The lowest BCUT2D eigenvalue weighted by atomic mass is 10.3. The maximum absolute atomic E-state index is 12.7. The van der Waals surface area contributed by atoms with Gasteiger partial charge in [0.25, 0.3) is 11.6 Å². The number of amides is 1. The van der Waals surface area contributed by atoms with E-state index in [1.54, 1.807) is 34.6 Å². The molecule has 3 rings (SSSR count). The van der Waals surface area contributed by atoms with E-state index in [0.717, 1.165) is 4.88 Å². The smallest absolute Gasteiger partial charge is 0.269 e. The van der Waals surface area contributed by atoms with E-state index >= 15 is 0 Å². The predicted molar refractivity (Wildman–Crippen MR) is 98.3 cm³/mol. The van der Waals surface area contributed by atoms with Crippen molar-refractivity contribution in [1.82, 2.24) is 4.98 Å². The summed E-state index contributed by atoms with van der Waals surface area (Å²) in [4.78, 5) is 29.7. The average Bonchev–Trinajstić information content (AvgIpc) is 3.18. The van der Waals surface area contributed by atoms with E-state index in [2.05, 4.69) is 4.98 Å². The SMILES string of the molecule is O=C(COc1ccc([N+](=O)[O-])cc1)N(Cc1cccs1)c1ccccn1. The summed E-state index contributed by atoms with van der Waals surface area (Å²) in [6.07, 6.45) is 1.63. The summed E-state index contributed by atoms with van der Waals surface area (Å²) in [5.74, 6) is 0.676. The molecule has 7 nitrogen and oxygen atoms in total. The molecule has 2 heterocycles. The zero-order chi connectivity index (χ0) is 18.4. The Morgan fingerprint density at radius 2 is 1.96 bits per heavy atom. The topological polar surface area (TPSA) is 85.6 Å². The second-order valence-corrected chi connectivity index (χ2v) is 6.32. The second-order valence-electron chi connectivity index (χ2n) is 5.29. The number of benzene rings is 1. The summed E-state index contributed by atoms with van der Waals surface area (Å²) < 4.78 is 5.49. The van der Waals surface area contributed by atoms with Crippen LogP contribution in [-0.4, -0.2) is 22.4 Å². The van der Waals surface area contributed by atoms with Crippen molar-refractivity contribution in [2.45, 2.75) is 6.54 Å². The molecule has 0 N–H and O–H groups in total. The van der Waals surface area contributed by atoms with E-state index < -0.39 is 4.92 Å². The fourth-order valence-corrected chi connectivity index (χ4v) is 2.95. The molecule has 0 unspecified atom stereocenters. The number of ether oxygens (including phenoxy) is 1. The number of rotatable bonds is 7. The standard InChI is InChI=1S/C18H15N3O4S/c22-18(13-25-15-8-6-14(7-9-15)21(23)24)20(12-16-4-3-11-26-16)17-5-1-2-10-19-17/h1-11H,12-13H2. The molecule has 2 aromatic heterocycles. The molecule has 0 bridgehead atoms. The summed E-state index contributed by atoms with van der Waals surface area (Å²) in [6, 6.07) is 14.8. The summed E-state index contributed by atoms with van der Waals surface area (Å²) in [7, 11) is 0. The van der Waals surface area contributed by atoms with Gasteiger partial charge in [0, 0.05) is 23.2 Å². The number of nitro groups is 1. The lowest BCUT2D eigenvalue weighted by molar-refractivity contribution is -0.384. The number of nitro benzene ring substituents is 1. The number of hydrogen-bond donors (Lipinski definition) is 0. The van der Waals surface area contributed by atoms with E-state index in [1.165, 1.54) is 24.3 Å². The molecule has 132 valence electrons. The van der Waals surface area contributed by atoms with Gasteiger partial charge in [-0.1, -0.05) is 12.1 Å². The minimum atomic E-state index is -0.487. The molecule has 3 aromatic rings. The van der Waals surface area contributed by atoms with Crippen LogP contribution in [-0.2, 0) is 11.3 Å². The van der Waals surface area contributed by atoms with Crippen LogP contribution < -0.4 is 9.64 Å². The molecule has 0 radical (unpaired) electrons. The van der Waals surface area contributed by atoms with Gasteiger partial charge in [-0.25, -0.2) is 4.98 Å². The number of non-ortho nitro benzene ring substituents is 1. The van der Waals surface area contributed by atoms with Crippen LogP contribution in [0.4, 0.5) is 11.5 Å². The fourth-order valence-electron chi connectivity index (χ4n) is 2.26. The van der Waals surface area contributed by atoms with Gasteiger partial charge < -0.3 is 4.74 Å². The Morgan fingerprint density at radius 1 is 1.15 bits per heavy atom. The van der Waals surface area contributed by atoms with Crippen molar-refractivity contribution in [3.63, 3.8) is 0 Å².